The van der Waals surface area contributed by atoms with E-state index < -0.39 is 17.2 Å². The minimum absolute atomic E-state index is 0.0217. The molecule has 9 heteroatoms. The van der Waals surface area contributed by atoms with Crippen molar-refractivity contribution in [2.45, 2.75) is 25.3 Å². The van der Waals surface area contributed by atoms with Gasteiger partial charge in [0, 0.05) is 36.0 Å². The van der Waals surface area contributed by atoms with Gasteiger partial charge in [0.1, 0.15) is 5.75 Å². The molecule has 0 saturated carbocycles. The number of nitrogens with one attached hydrogen (secondary N) is 3. The number of anilines is 1. The van der Waals surface area contributed by atoms with Crippen LogP contribution in [0.25, 0.3) is 0 Å². The Balaban J connectivity index is 1.53. The molecule has 0 saturated heterocycles. The summed E-state index contributed by atoms with van der Waals surface area (Å²) in [6.07, 6.45) is 0.381. The van der Waals surface area contributed by atoms with Crippen molar-refractivity contribution in [3.63, 3.8) is 0 Å². The second-order valence-corrected chi connectivity index (χ2v) is 6.63. The first kappa shape index (κ1) is 17.1. The van der Waals surface area contributed by atoms with E-state index in [4.69, 9.17) is 4.74 Å². The van der Waals surface area contributed by atoms with E-state index in [2.05, 4.69) is 15.3 Å². The lowest BCUT2D eigenvalue weighted by molar-refractivity contribution is -0.134. The van der Waals surface area contributed by atoms with Crippen LogP contribution in [0.1, 0.15) is 29.2 Å². The van der Waals surface area contributed by atoms with E-state index in [1.54, 1.807) is 30.2 Å². The normalized spacial score (nSPS) is 17.9. The van der Waals surface area contributed by atoms with Crippen LogP contribution in [0.4, 0.5) is 5.69 Å². The number of carbonyl (C=O) groups is 2. The van der Waals surface area contributed by atoms with Gasteiger partial charge in [0.2, 0.25) is 11.8 Å². The smallest absolute Gasteiger partial charge is 0.325 e. The van der Waals surface area contributed by atoms with Crippen LogP contribution >= 0.6 is 0 Å². The molecule has 9 nitrogen and oxygen atoms in total. The Morgan fingerprint density at radius 2 is 2.07 bits per heavy atom. The lowest BCUT2D eigenvalue weighted by Gasteiger charge is -2.28. The van der Waals surface area contributed by atoms with Gasteiger partial charge in [-0.2, -0.15) is 0 Å². The van der Waals surface area contributed by atoms with Crippen LogP contribution in [0.2, 0.25) is 0 Å². The highest BCUT2D eigenvalue weighted by atomic mass is 16.5. The molecule has 27 heavy (non-hydrogen) atoms. The average Bonchev–Trinajstić information content (AvgIpc) is 2.95. The summed E-state index contributed by atoms with van der Waals surface area (Å²) >= 11 is 0. The van der Waals surface area contributed by atoms with Crippen molar-refractivity contribution >= 4 is 17.5 Å². The van der Waals surface area contributed by atoms with Crippen LogP contribution in [0.3, 0.4) is 0 Å². The topological polar surface area (TPSA) is 124 Å². The predicted octanol–water partition coefficient (Wildman–Crippen LogP) is 0.0825. The maximum Gasteiger partial charge on any atom is 0.325 e. The van der Waals surface area contributed by atoms with Crippen molar-refractivity contribution in [3.8, 4) is 5.75 Å². The Kier molecular flexibility index (Phi) is 4.06. The van der Waals surface area contributed by atoms with Gasteiger partial charge in [0.05, 0.1) is 19.6 Å². The van der Waals surface area contributed by atoms with Crippen LogP contribution < -0.4 is 21.3 Å². The van der Waals surface area contributed by atoms with Crippen LogP contribution in [0.5, 0.6) is 5.75 Å². The van der Waals surface area contributed by atoms with Gasteiger partial charge >= 0.3 is 5.69 Å². The summed E-state index contributed by atoms with van der Waals surface area (Å²) in [6.45, 7) is 0.516. The number of fused-ring (bicyclic) bond motifs is 2. The summed E-state index contributed by atoms with van der Waals surface area (Å²) in [7, 11) is 1.54. The number of hydrogen-bond donors (Lipinski definition) is 3. The van der Waals surface area contributed by atoms with E-state index in [-0.39, 0.29) is 24.8 Å². The zero-order valence-corrected chi connectivity index (χ0v) is 14.6. The minimum Gasteiger partial charge on any atom is -0.497 e. The van der Waals surface area contributed by atoms with E-state index in [9.17, 15) is 19.2 Å². The van der Waals surface area contributed by atoms with Crippen LogP contribution in [0.15, 0.2) is 27.8 Å². The number of hydrogen-bond acceptors (Lipinski definition) is 5. The average molecular weight is 370 g/mol. The Bertz CT molecular complexity index is 1050. The third-order valence-corrected chi connectivity index (χ3v) is 5.05. The highest BCUT2D eigenvalue weighted by molar-refractivity contribution is 6.05. The number of H-pyrrole nitrogens is 2. The summed E-state index contributed by atoms with van der Waals surface area (Å²) < 4.78 is 5.16. The van der Waals surface area contributed by atoms with Gasteiger partial charge in [-0.3, -0.25) is 19.4 Å². The SMILES string of the molecule is COc1ccc2c(c1)NC(=O)C2CC(=O)N1CCc2c([nH]c(=O)[nH]c2=O)C1. The molecule has 2 aliphatic heterocycles. The van der Waals surface area contributed by atoms with Crippen molar-refractivity contribution in [1.82, 2.24) is 14.9 Å². The Morgan fingerprint density at radius 1 is 1.26 bits per heavy atom. The Morgan fingerprint density at radius 3 is 2.85 bits per heavy atom. The quantitative estimate of drug-likeness (QED) is 0.706. The Hall–Kier alpha value is -3.36. The van der Waals surface area contributed by atoms with E-state index in [1.807, 2.05) is 0 Å². The summed E-state index contributed by atoms with van der Waals surface area (Å²) in [5.74, 6) is -0.375. The fraction of sp³-hybridized carbons (Fsp3) is 0.333. The molecule has 0 aliphatic carbocycles. The monoisotopic (exact) mass is 370 g/mol. The second-order valence-electron chi connectivity index (χ2n) is 6.63. The van der Waals surface area contributed by atoms with Gasteiger partial charge in [-0.1, -0.05) is 6.07 Å². The fourth-order valence-corrected chi connectivity index (χ4v) is 3.63. The first-order valence-electron chi connectivity index (χ1n) is 8.57. The van der Waals surface area contributed by atoms with Crippen molar-refractivity contribution in [3.05, 3.63) is 55.9 Å². The molecule has 1 aromatic heterocycles. The number of methoxy groups -OCH3 is 1. The summed E-state index contributed by atoms with van der Waals surface area (Å²) in [5.41, 5.74) is 1.34. The molecule has 0 radical (unpaired) electrons. The molecular formula is C18H18N4O5. The molecule has 0 bridgehead atoms. The molecule has 0 fully saturated rings. The van der Waals surface area contributed by atoms with Gasteiger partial charge in [-0.05, 0) is 18.1 Å². The summed E-state index contributed by atoms with van der Waals surface area (Å²) in [4.78, 5) is 54.7. The highest BCUT2D eigenvalue weighted by Crippen LogP contribution is 2.37. The lowest BCUT2D eigenvalue weighted by atomic mass is 9.95. The lowest BCUT2D eigenvalue weighted by Crippen LogP contribution is -2.41. The maximum atomic E-state index is 12.8. The number of aromatic nitrogens is 2. The maximum absolute atomic E-state index is 12.8. The largest absolute Gasteiger partial charge is 0.497 e. The van der Waals surface area contributed by atoms with E-state index >= 15 is 0 Å². The predicted molar refractivity (Wildman–Crippen MR) is 95.8 cm³/mol. The Labute approximate surface area is 153 Å². The number of rotatable bonds is 3. The van der Waals surface area contributed by atoms with Gasteiger partial charge in [-0.25, -0.2) is 4.79 Å². The number of aromatic amines is 2. The van der Waals surface area contributed by atoms with Gasteiger partial charge in [-0.15, -0.1) is 0 Å². The van der Waals surface area contributed by atoms with Crippen molar-refractivity contribution in [2.75, 3.05) is 19.0 Å². The van der Waals surface area contributed by atoms with E-state index in [0.717, 1.165) is 5.56 Å². The fourth-order valence-electron chi connectivity index (χ4n) is 3.63. The molecule has 3 heterocycles. The van der Waals surface area contributed by atoms with Gasteiger partial charge in [0.25, 0.3) is 5.56 Å². The zero-order chi connectivity index (χ0) is 19.1. The molecule has 3 N–H and O–H groups in total. The minimum atomic E-state index is -0.592. The zero-order valence-electron chi connectivity index (χ0n) is 14.6. The molecule has 2 aliphatic rings. The first-order chi connectivity index (χ1) is 13.0. The molecular weight excluding hydrogens is 352 g/mol. The van der Waals surface area contributed by atoms with Crippen LogP contribution in [-0.4, -0.2) is 40.3 Å². The third kappa shape index (κ3) is 3.01. The molecule has 0 spiro atoms. The first-order valence-corrected chi connectivity index (χ1v) is 8.57. The van der Waals surface area contributed by atoms with Crippen LogP contribution in [0, 0.1) is 0 Å². The van der Waals surface area contributed by atoms with Crippen LogP contribution in [-0.2, 0) is 22.6 Å². The number of benzene rings is 1. The molecule has 140 valence electrons. The van der Waals surface area contributed by atoms with E-state index in [1.165, 1.54) is 0 Å². The van der Waals surface area contributed by atoms with Crippen molar-refractivity contribution in [1.29, 1.82) is 0 Å². The standard InChI is InChI=1S/C18H18N4O5/c1-27-9-2-3-10-12(17(25)19-13(10)6-9)7-15(23)22-5-4-11-14(8-22)20-18(26)21-16(11)24/h2-3,6,12H,4-5,7-8H2,1H3,(H,19,25)(H2,20,21,24,26). The molecule has 1 atom stereocenters. The number of nitrogens with zero attached hydrogens (tertiary/aromatic N) is 1. The third-order valence-electron chi connectivity index (χ3n) is 5.05. The van der Waals surface area contributed by atoms with Gasteiger partial charge < -0.3 is 19.9 Å². The van der Waals surface area contributed by atoms with Gasteiger partial charge in [0.15, 0.2) is 0 Å². The number of ether oxygens (including phenoxy) is 1. The second kappa shape index (κ2) is 6.42. The number of amides is 2. The van der Waals surface area contributed by atoms with Crippen molar-refractivity contribution in [2.24, 2.45) is 0 Å². The summed E-state index contributed by atoms with van der Waals surface area (Å²) in [6, 6.07) is 5.27. The molecule has 1 unspecified atom stereocenters. The molecule has 2 aromatic rings. The summed E-state index contributed by atoms with van der Waals surface area (Å²) in [5, 5.41) is 2.78. The van der Waals surface area contributed by atoms with Crippen molar-refractivity contribution < 1.29 is 14.3 Å². The molecule has 1 aromatic carbocycles. The highest BCUT2D eigenvalue weighted by Gasteiger charge is 2.34. The number of carbonyl (C=O) groups excluding carboxylic acids is 2. The molecule has 4 rings (SSSR count). The molecule has 2 amide bonds. The van der Waals surface area contributed by atoms with E-state index in [0.29, 0.717) is 35.7 Å².